The van der Waals surface area contributed by atoms with Crippen molar-refractivity contribution in [2.45, 2.75) is 33.4 Å². The molecule has 10 heteroatoms. The fourth-order valence-electron chi connectivity index (χ4n) is 3.66. The monoisotopic (exact) mass is 492 g/mol. The largest absolute Gasteiger partial charge is 0.462 e. The van der Waals surface area contributed by atoms with E-state index in [0.717, 1.165) is 21.6 Å². The first-order chi connectivity index (χ1) is 16.9. The fraction of sp³-hybridized carbons (Fsp3) is 0.240. The first kappa shape index (κ1) is 24.1. The molecular formula is C25H24N4O5S. The number of thiazole rings is 1. The maximum Gasteiger partial charge on any atom is 0.350 e. The number of esters is 1. The highest BCUT2D eigenvalue weighted by atomic mass is 32.1. The molecule has 0 saturated carbocycles. The van der Waals surface area contributed by atoms with Crippen molar-refractivity contribution in [2.75, 3.05) is 11.5 Å². The van der Waals surface area contributed by atoms with Gasteiger partial charge in [-0.15, -0.1) is 0 Å². The third-order valence-corrected chi connectivity index (χ3v) is 6.56. The number of amides is 1. The van der Waals surface area contributed by atoms with E-state index < -0.39 is 11.5 Å². The first-order valence-electron chi connectivity index (χ1n) is 11.1. The maximum absolute atomic E-state index is 13.4. The molecule has 35 heavy (non-hydrogen) atoms. The van der Waals surface area contributed by atoms with Crippen LogP contribution in [0, 0.1) is 6.92 Å². The Hall–Kier alpha value is -4.05. The molecule has 9 nitrogen and oxygen atoms in total. The lowest BCUT2D eigenvalue weighted by atomic mass is 10.2. The molecule has 4 aromatic rings. The molecule has 1 amide bonds. The minimum absolute atomic E-state index is 0.0158. The molecule has 2 aromatic heterocycles. The second-order valence-electron chi connectivity index (χ2n) is 7.79. The number of nitrogens with one attached hydrogen (secondary N) is 1. The Kier molecular flexibility index (Phi) is 7.21. The number of hydrogen-bond acceptors (Lipinski definition) is 7. The molecule has 0 atom stereocenters. The molecule has 0 spiro atoms. The standard InChI is InChI=1S/C25H24N4O5S/c1-3-34-24(33)21-16(2)26-25(35-21)28(15-17-9-5-4-6-10-17)20(30)13-14-29-23(32)19-12-8-7-11-18(19)22(31)27-29/h4-12H,3,13-15H2,1-2H3,(H,27,31). The summed E-state index contributed by atoms with van der Waals surface area (Å²) in [6, 6.07) is 15.9. The van der Waals surface area contributed by atoms with Gasteiger partial charge in [0.2, 0.25) is 5.91 Å². The van der Waals surface area contributed by atoms with Crippen LogP contribution in [0.4, 0.5) is 5.13 Å². The Bertz CT molecular complexity index is 1490. The van der Waals surface area contributed by atoms with Crippen LogP contribution < -0.4 is 16.0 Å². The lowest BCUT2D eigenvalue weighted by molar-refractivity contribution is -0.119. The van der Waals surface area contributed by atoms with E-state index in [4.69, 9.17) is 4.74 Å². The van der Waals surface area contributed by atoms with E-state index >= 15 is 0 Å². The highest BCUT2D eigenvalue weighted by Crippen LogP contribution is 2.28. The number of hydrogen-bond donors (Lipinski definition) is 1. The summed E-state index contributed by atoms with van der Waals surface area (Å²) in [5.74, 6) is -0.792. The quantitative estimate of drug-likeness (QED) is 0.378. The number of anilines is 1. The van der Waals surface area contributed by atoms with Crippen LogP contribution in [0.2, 0.25) is 0 Å². The Labute approximate surface area is 204 Å². The van der Waals surface area contributed by atoms with Crippen LogP contribution in [0.5, 0.6) is 0 Å². The average Bonchev–Trinajstić information content (AvgIpc) is 3.25. The molecule has 180 valence electrons. The van der Waals surface area contributed by atoms with E-state index in [-0.39, 0.29) is 37.6 Å². The Morgan fingerprint density at radius 2 is 1.74 bits per heavy atom. The summed E-state index contributed by atoms with van der Waals surface area (Å²) >= 11 is 1.09. The molecule has 2 aromatic carbocycles. The molecule has 0 aliphatic heterocycles. The van der Waals surface area contributed by atoms with E-state index in [9.17, 15) is 19.2 Å². The minimum atomic E-state index is -0.485. The van der Waals surface area contributed by atoms with Crippen LogP contribution in [-0.4, -0.2) is 33.2 Å². The van der Waals surface area contributed by atoms with Gasteiger partial charge in [-0.2, -0.15) is 0 Å². The third kappa shape index (κ3) is 5.22. The Morgan fingerprint density at radius 1 is 1.06 bits per heavy atom. The molecule has 0 unspecified atom stereocenters. The SMILES string of the molecule is CCOC(=O)c1sc(N(Cc2ccccc2)C(=O)CCn2[nH]c(=O)c3ccccc3c2=O)nc1C. The fourth-order valence-corrected chi connectivity index (χ4v) is 4.64. The number of aromatic nitrogens is 3. The summed E-state index contributed by atoms with van der Waals surface area (Å²) in [6.07, 6.45) is -0.0611. The molecule has 2 heterocycles. The number of aryl methyl sites for hydroxylation is 2. The number of nitrogens with zero attached hydrogens (tertiary/aromatic N) is 3. The normalized spacial score (nSPS) is 10.9. The molecule has 4 rings (SSSR count). The molecule has 0 fully saturated rings. The van der Waals surface area contributed by atoms with Crippen LogP contribution >= 0.6 is 11.3 Å². The van der Waals surface area contributed by atoms with Crippen LogP contribution in [0.1, 0.15) is 34.3 Å². The number of carbonyl (C=O) groups is 2. The van der Waals surface area contributed by atoms with Gasteiger partial charge in [0, 0.05) is 6.42 Å². The number of aromatic amines is 1. The van der Waals surface area contributed by atoms with Crippen molar-refractivity contribution in [1.29, 1.82) is 0 Å². The van der Waals surface area contributed by atoms with Gasteiger partial charge in [-0.1, -0.05) is 53.8 Å². The first-order valence-corrected chi connectivity index (χ1v) is 11.9. The van der Waals surface area contributed by atoms with Crippen molar-refractivity contribution in [3.05, 3.63) is 91.4 Å². The number of H-pyrrole nitrogens is 1. The smallest absolute Gasteiger partial charge is 0.350 e. The van der Waals surface area contributed by atoms with Crippen molar-refractivity contribution in [2.24, 2.45) is 0 Å². The maximum atomic E-state index is 13.4. The van der Waals surface area contributed by atoms with Crippen LogP contribution in [-0.2, 0) is 22.6 Å². The van der Waals surface area contributed by atoms with Gasteiger partial charge in [0.1, 0.15) is 4.88 Å². The van der Waals surface area contributed by atoms with Crippen LogP contribution in [0.25, 0.3) is 10.8 Å². The molecular weight excluding hydrogens is 468 g/mol. The third-order valence-electron chi connectivity index (χ3n) is 5.39. The summed E-state index contributed by atoms with van der Waals surface area (Å²) < 4.78 is 6.25. The molecule has 1 N–H and O–H groups in total. The lowest BCUT2D eigenvalue weighted by Gasteiger charge is -2.20. The van der Waals surface area contributed by atoms with Gasteiger partial charge in [0.15, 0.2) is 5.13 Å². The van der Waals surface area contributed by atoms with E-state index in [1.54, 1.807) is 38.1 Å². The van der Waals surface area contributed by atoms with Gasteiger partial charge in [-0.05, 0) is 31.5 Å². The van der Waals surface area contributed by atoms with Gasteiger partial charge in [0.25, 0.3) is 11.1 Å². The molecule has 0 aliphatic carbocycles. The van der Waals surface area contributed by atoms with Crippen molar-refractivity contribution < 1.29 is 14.3 Å². The van der Waals surface area contributed by atoms with Gasteiger partial charge in [0.05, 0.1) is 36.2 Å². The van der Waals surface area contributed by atoms with E-state index in [1.165, 1.54) is 4.90 Å². The number of rotatable bonds is 8. The van der Waals surface area contributed by atoms with Gasteiger partial charge < -0.3 is 4.74 Å². The zero-order chi connectivity index (χ0) is 24.9. The van der Waals surface area contributed by atoms with Gasteiger partial charge in [-0.25, -0.2) is 14.5 Å². The van der Waals surface area contributed by atoms with Crippen molar-refractivity contribution in [3.63, 3.8) is 0 Å². The zero-order valence-electron chi connectivity index (χ0n) is 19.3. The molecule has 0 radical (unpaired) electrons. The highest BCUT2D eigenvalue weighted by Gasteiger charge is 2.24. The Balaban J connectivity index is 1.62. The Morgan fingerprint density at radius 3 is 2.46 bits per heavy atom. The second-order valence-corrected chi connectivity index (χ2v) is 8.77. The van der Waals surface area contributed by atoms with E-state index in [1.807, 2.05) is 30.3 Å². The number of carbonyl (C=O) groups excluding carboxylic acids is 2. The van der Waals surface area contributed by atoms with Crippen LogP contribution in [0.3, 0.4) is 0 Å². The van der Waals surface area contributed by atoms with Crippen LogP contribution in [0.15, 0.2) is 64.2 Å². The summed E-state index contributed by atoms with van der Waals surface area (Å²) in [4.78, 5) is 57.1. The van der Waals surface area contributed by atoms with Crippen molar-refractivity contribution >= 4 is 39.1 Å². The van der Waals surface area contributed by atoms with E-state index in [2.05, 4.69) is 10.1 Å². The topological polar surface area (TPSA) is 114 Å². The summed E-state index contributed by atoms with van der Waals surface area (Å²) in [5.41, 5.74) is 0.577. The summed E-state index contributed by atoms with van der Waals surface area (Å²) in [6.45, 7) is 3.86. The predicted octanol–water partition coefficient (Wildman–Crippen LogP) is 3.25. The van der Waals surface area contributed by atoms with Gasteiger partial charge in [-0.3, -0.25) is 24.4 Å². The lowest BCUT2D eigenvalue weighted by Crippen LogP contribution is -2.34. The summed E-state index contributed by atoms with van der Waals surface area (Å²) in [7, 11) is 0. The van der Waals surface area contributed by atoms with E-state index in [0.29, 0.717) is 26.5 Å². The van der Waals surface area contributed by atoms with Crippen molar-refractivity contribution in [3.8, 4) is 0 Å². The molecule has 0 bridgehead atoms. The minimum Gasteiger partial charge on any atom is -0.462 e. The molecule has 0 saturated heterocycles. The average molecular weight is 493 g/mol. The second kappa shape index (κ2) is 10.5. The molecule has 0 aliphatic rings. The number of ether oxygens (including phenoxy) is 1. The predicted molar refractivity (Wildman–Crippen MR) is 134 cm³/mol. The highest BCUT2D eigenvalue weighted by molar-refractivity contribution is 7.17. The zero-order valence-corrected chi connectivity index (χ0v) is 20.1. The summed E-state index contributed by atoms with van der Waals surface area (Å²) in [5, 5.41) is 3.50. The van der Waals surface area contributed by atoms with Crippen molar-refractivity contribution in [1.82, 2.24) is 14.8 Å². The number of fused-ring (bicyclic) bond motifs is 1. The number of benzene rings is 2. The van der Waals surface area contributed by atoms with Gasteiger partial charge >= 0.3 is 5.97 Å².